The van der Waals surface area contributed by atoms with Gasteiger partial charge in [0.25, 0.3) is 0 Å². The normalized spacial score (nSPS) is 13.7. The van der Waals surface area contributed by atoms with Gasteiger partial charge >= 0.3 is 6.03 Å². The first kappa shape index (κ1) is 21.4. The van der Waals surface area contributed by atoms with E-state index < -0.39 is 12.1 Å². The Morgan fingerprint density at radius 2 is 1.70 bits per heavy atom. The van der Waals surface area contributed by atoms with Crippen LogP contribution >= 0.6 is 0 Å². The summed E-state index contributed by atoms with van der Waals surface area (Å²) in [6.45, 7) is 10.0. The molecule has 0 saturated carbocycles. The van der Waals surface area contributed by atoms with Crippen LogP contribution < -0.4 is 21.7 Å². The molecule has 23 heavy (non-hydrogen) atoms. The summed E-state index contributed by atoms with van der Waals surface area (Å²) in [7, 11) is 0. The lowest BCUT2D eigenvalue weighted by Gasteiger charge is -2.26. The minimum Gasteiger partial charge on any atom is -0.352 e. The van der Waals surface area contributed by atoms with Crippen LogP contribution in [0.5, 0.6) is 0 Å². The smallest absolute Gasteiger partial charge is 0.312 e. The molecule has 0 aliphatic heterocycles. The van der Waals surface area contributed by atoms with Gasteiger partial charge in [0.15, 0.2) is 5.78 Å². The lowest BCUT2D eigenvalue weighted by molar-refractivity contribution is -0.129. The van der Waals surface area contributed by atoms with Gasteiger partial charge in [0.1, 0.15) is 0 Å². The Hall–Kier alpha value is -1.63. The average molecular weight is 328 g/mol. The van der Waals surface area contributed by atoms with Crippen LogP contribution in [0.15, 0.2) is 0 Å². The molecule has 7 nitrogen and oxygen atoms in total. The van der Waals surface area contributed by atoms with Crippen molar-refractivity contribution in [2.24, 2.45) is 11.7 Å². The van der Waals surface area contributed by atoms with Crippen molar-refractivity contribution in [3.8, 4) is 0 Å². The molecular formula is C16H32N4O3. The Bertz CT molecular complexity index is 397. The molecule has 5 N–H and O–H groups in total. The molecule has 0 rings (SSSR count). The van der Waals surface area contributed by atoms with Crippen LogP contribution in [0.25, 0.3) is 0 Å². The van der Waals surface area contributed by atoms with Crippen LogP contribution in [-0.2, 0) is 9.59 Å². The van der Waals surface area contributed by atoms with Gasteiger partial charge in [0.2, 0.25) is 5.91 Å². The van der Waals surface area contributed by atoms with E-state index in [1.165, 1.54) is 0 Å². The zero-order valence-electron chi connectivity index (χ0n) is 14.9. The van der Waals surface area contributed by atoms with E-state index in [1.54, 1.807) is 6.92 Å². The Balaban J connectivity index is 4.69. The number of carbonyl (C=O) groups excluding carboxylic acids is 3. The second-order valence-corrected chi connectivity index (χ2v) is 6.36. The molecule has 134 valence electrons. The molecule has 0 aromatic rings. The maximum absolute atomic E-state index is 12.5. The van der Waals surface area contributed by atoms with Crippen LogP contribution in [-0.4, -0.2) is 42.4 Å². The third-order valence-corrected chi connectivity index (χ3v) is 3.48. The fourth-order valence-corrected chi connectivity index (χ4v) is 2.27. The first-order chi connectivity index (χ1) is 10.7. The fourth-order valence-electron chi connectivity index (χ4n) is 2.27. The summed E-state index contributed by atoms with van der Waals surface area (Å²) in [5.41, 5.74) is 5.00. The highest BCUT2D eigenvalue weighted by Gasteiger charge is 2.26. The summed E-state index contributed by atoms with van der Waals surface area (Å²) in [6.07, 6.45) is 1.41. The van der Waals surface area contributed by atoms with E-state index in [1.807, 2.05) is 27.7 Å². The van der Waals surface area contributed by atoms with Crippen molar-refractivity contribution in [1.82, 2.24) is 16.0 Å². The molecule has 0 aliphatic carbocycles. The zero-order valence-corrected chi connectivity index (χ0v) is 14.9. The van der Waals surface area contributed by atoms with Gasteiger partial charge in [0, 0.05) is 19.0 Å². The number of rotatable bonds is 11. The largest absolute Gasteiger partial charge is 0.352 e. The summed E-state index contributed by atoms with van der Waals surface area (Å²) in [5.74, 6) is -0.0563. The van der Waals surface area contributed by atoms with Gasteiger partial charge in [-0.1, -0.05) is 34.6 Å². The van der Waals surface area contributed by atoms with Crippen molar-refractivity contribution in [2.75, 3.05) is 6.54 Å². The number of amides is 3. The lowest BCUT2D eigenvalue weighted by Crippen LogP contribution is -2.53. The molecule has 7 heteroatoms. The number of ketones is 1. The van der Waals surface area contributed by atoms with Crippen LogP contribution in [0, 0.1) is 5.92 Å². The topological polar surface area (TPSA) is 113 Å². The summed E-state index contributed by atoms with van der Waals surface area (Å²) in [4.78, 5) is 35.2. The number of hydrogen-bond acceptors (Lipinski definition) is 4. The first-order valence-corrected chi connectivity index (χ1v) is 8.31. The number of primary amides is 1. The maximum Gasteiger partial charge on any atom is 0.312 e. The number of hydrogen-bond donors (Lipinski definition) is 4. The van der Waals surface area contributed by atoms with Gasteiger partial charge in [-0.3, -0.25) is 9.59 Å². The Morgan fingerprint density at radius 3 is 2.13 bits per heavy atom. The molecule has 3 amide bonds. The Kier molecular flexibility index (Phi) is 10.2. The molecule has 0 spiro atoms. The number of urea groups is 1. The van der Waals surface area contributed by atoms with E-state index in [0.29, 0.717) is 25.8 Å². The van der Waals surface area contributed by atoms with Crippen LogP contribution in [0.2, 0.25) is 0 Å². The third-order valence-electron chi connectivity index (χ3n) is 3.48. The average Bonchev–Trinajstić information content (AvgIpc) is 2.46. The molecule has 0 bridgehead atoms. The van der Waals surface area contributed by atoms with E-state index in [2.05, 4.69) is 16.0 Å². The molecule has 0 heterocycles. The van der Waals surface area contributed by atoms with Gasteiger partial charge in [0.05, 0.1) is 12.1 Å². The Morgan fingerprint density at radius 1 is 1.09 bits per heavy atom. The van der Waals surface area contributed by atoms with Gasteiger partial charge in [-0.25, -0.2) is 4.79 Å². The maximum atomic E-state index is 12.5. The van der Waals surface area contributed by atoms with Crippen molar-refractivity contribution >= 4 is 17.7 Å². The van der Waals surface area contributed by atoms with Crippen molar-refractivity contribution < 1.29 is 14.4 Å². The first-order valence-electron chi connectivity index (χ1n) is 8.31. The van der Waals surface area contributed by atoms with Crippen LogP contribution in [0.3, 0.4) is 0 Å². The van der Waals surface area contributed by atoms with E-state index in [-0.39, 0.29) is 29.7 Å². The third kappa shape index (κ3) is 9.18. The van der Waals surface area contributed by atoms with Crippen LogP contribution in [0.1, 0.15) is 53.9 Å². The molecule has 0 radical (unpaired) electrons. The van der Waals surface area contributed by atoms with Crippen molar-refractivity contribution in [3.05, 3.63) is 0 Å². The standard InChI is InChI=1S/C16H32N4O3/c1-6-13(21)12(8-7-9-18-16(17)23)20-15(22)14(10(2)3)19-11(4)5/h10-12,14,19H,6-9H2,1-5H3,(H,20,22)(H3,17,18,23)/t12?,14-/m0/s1. The predicted molar refractivity (Wildman–Crippen MR) is 90.9 cm³/mol. The molecule has 0 aromatic carbocycles. The second-order valence-electron chi connectivity index (χ2n) is 6.36. The summed E-state index contributed by atoms with van der Waals surface area (Å²) in [5, 5.41) is 8.56. The summed E-state index contributed by atoms with van der Waals surface area (Å²) in [6, 6.07) is -1.29. The van der Waals surface area contributed by atoms with E-state index in [4.69, 9.17) is 5.73 Å². The number of Topliss-reactive ketones (excluding diaryl/α,β-unsaturated/α-hetero) is 1. The van der Waals surface area contributed by atoms with E-state index >= 15 is 0 Å². The highest BCUT2D eigenvalue weighted by molar-refractivity contribution is 5.90. The van der Waals surface area contributed by atoms with Crippen molar-refractivity contribution in [1.29, 1.82) is 0 Å². The second kappa shape index (κ2) is 11.0. The molecule has 0 aliphatic rings. The lowest BCUT2D eigenvalue weighted by atomic mass is 10.00. The molecule has 0 fully saturated rings. The number of carbonyl (C=O) groups is 3. The predicted octanol–water partition coefficient (Wildman–Crippen LogP) is 0.921. The van der Waals surface area contributed by atoms with Gasteiger partial charge < -0.3 is 21.7 Å². The van der Waals surface area contributed by atoms with Gasteiger partial charge in [-0.05, 0) is 18.8 Å². The minimum absolute atomic E-state index is 0.00974. The van der Waals surface area contributed by atoms with Crippen molar-refractivity contribution in [3.63, 3.8) is 0 Å². The van der Waals surface area contributed by atoms with Crippen LogP contribution in [0.4, 0.5) is 4.79 Å². The number of nitrogens with two attached hydrogens (primary N) is 1. The summed E-state index contributed by atoms with van der Waals surface area (Å²) < 4.78 is 0. The van der Waals surface area contributed by atoms with E-state index in [9.17, 15) is 14.4 Å². The molecule has 2 atom stereocenters. The fraction of sp³-hybridized carbons (Fsp3) is 0.812. The van der Waals surface area contributed by atoms with Gasteiger partial charge in [-0.15, -0.1) is 0 Å². The van der Waals surface area contributed by atoms with E-state index in [0.717, 1.165) is 0 Å². The molecular weight excluding hydrogens is 296 g/mol. The van der Waals surface area contributed by atoms with Gasteiger partial charge in [-0.2, -0.15) is 0 Å². The molecule has 1 unspecified atom stereocenters. The van der Waals surface area contributed by atoms with Crippen molar-refractivity contribution in [2.45, 2.75) is 72.0 Å². The number of nitrogens with one attached hydrogen (secondary N) is 3. The minimum atomic E-state index is -0.589. The SMILES string of the molecule is CCC(=O)C(CCCNC(N)=O)NC(=O)[C@@H](NC(C)C)C(C)C. The highest BCUT2D eigenvalue weighted by Crippen LogP contribution is 2.07. The quantitative estimate of drug-likeness (QED) is 0.422. The Labute approximate surface area is 139 Å². The highest BCUT2D eigenvalue weighted by atomic mass is 16.2. The molecule has 0 aromatic heterocycles. The summed E-state index contributed by atoms with van der Waals surface area (Å²) >= 11 is 0. The zero-order chi connectivity index (χ0) is 18.0. The monoisotopic (exact) mass is 328 g/mol. The molecule has 0 saturated heterocycles.